The standard InChI is InChI=1S/C38H32F9N7O2/c1-34(2)11-20-26(22(55)13-34)25(28-30(37(42,43)44)50-52-32(28)49-20)18-8-7-17(10-19(18)36(39,40)41)54-21-12-35(3,4)14-23(56)27(21)24(16-6-5-9-48-15-16)29-31(38(45,46)47)51-53-33(29)54/h5-10,15,24-25H,11-14H2,1-4H3,(H,51,53)(H2,49,50,52)/t24?,25-/m0/s1. The Hall–Kier alpha value is -5.42. The summed E-state index contributed by atoms with van der Waals surface area (Å²) >= 11 is 0. The minimum atomic E-state index is -5.27. The molecule has 18 heteroatoms. The monoisotopic (exact) mass is 789 g/mol. The molecule has 0 saturated carbocycles. The third-order valence-corrected chi connectivity index (χ3v) is 10.8. The number of carbonyl (C=O) groups is 2. The molecule has 0 fully saturated rings. The van der Waals surface area contributed by atoms with Crippen molar-refractivity contribution in [1.29, 1.82) is 0 Å². The molecular formula is C38H32F9N7O2. The maximum atomic E-state index is 15.5. The van der Waals surface area contributed by atoms with Gasteiger partial charge in [-0.3, -0.25) is 29.7 Å². The number of alkyl halides is 9. The zero-order valence-corrected chi connectivity index (χ0v) is 30.0. The van der Waals surface area contributed by atoms with Crippen LogP contribution in [0.4, 0.5) is 56.8 Å². The molecule has 3 aromatic heterocycles. The average Bonchev–Trinajstić information content (AvgIpc) is 3.70. The minimum Gasteiger partial charge on any atom is -0.342 e. The smallest absolute Gasteiger partial charge is 0.342 e. The van der Waals surface area contributed by atoms with Crippen LogP contribution in [0, 0.1) is 10.8 Å². The van der Waals surface area contributed by atoms with Gasteiger partial charge < -0.3 is 5.32 Å². The molecule has 1 aromatic carbocycles. The summed E-state index contributed by atoms with van der Waals surface area (Å²) in [5.41, 5.74) is -7.81. The maximum Gasteiger partial charge on any atom is 0.433 e. The van der Waals surface area contributed by atoms with Crippen molar-refractivity contribution in [2.24, 2.45) is 10.8 Å². The predicted molar refractivity (Wildman–Crippen MR) is 182 cm³/mol. The quantitative estimate of drug-likeness (QED) is 0.177. The molecule has 0 radical (unpaired) electrons. The molecular weight excluding hydrogens is 757 g/mol. The van der Waals surface area contributed by atoms with Crippen LogP contribution in [-0.4, -0.2) is 36.9 Å². The van der Waals surface area contributed by atoms with E-state index in [0.29, 0.717) is 6.07 Å². The second-order valence-corrected chi connectivity index (χ2v) is 16.2. The first-order chi connectivity index (χ1) is 26.0. The van der Waals surface area contributed by atoms with E-state index in [-0.39, 0.29) is 65.3 Å². The molecule has 9 nitrogen and oxygen atoms in total. The van der Waals surface area contributed by atoms with Crippen molar-refractivity contribution >= 4 is 28.9 Å². The Balaban J connectivity index is 1.40. The highest BCUT2D eigenvalue weighted by Gasteiger charge is 2.52. The van der Waals surface area contributed by atoms with E-state index in [1.54, 1.807) is 27.7 Å². The number of aromatic amines is 2. The Kier molecular flexibility index (Phi) is 8.06. The lowest BCUT2D eigenvalue weighted by Gasteiger charge is -2.43. The lowest BCUT2D eigenvalue weighted by atomic mass is 9.68. The molecule has 0 spiro atoms. The Labute approximate surface area is 312 Å². The first-order valence-corrected chi connectivity index (χ1v) is 17.5. The second-order valence-electron chi connectivity index (χ2n) is 16.2. The number of halogens is 9. The maximum absolute atomic E-state index is 15.5. The number of pyridine rings is 1. The van der Waals surface area contributed by atoms with Crippen LogP contribution < -0.4 is 10.2 Å². The van der Waals surface area contributed by atoms with Crippen molar-refractivity contribution in [3.63, 3.8) is 0 Å². The number of H-pyrrole nitrogens is 2. The summed E-state index contributed by atoms with van der Waals surface area (Å²) in [4.78, 5) is 33.0. The third-order valence-electron chi connectivity index (χ3n) is 10.8. The number of allylic oxidation sites excluding steroid dienone is 4. The van der Waals surface area contributed by atoms with Gasteiger partial charge in [0.2, 0.25) is 0 Å². The Morgan fingerprint density at radius 3 is 1.98 bits per heavy atom. The van der Waals surface area contributed by atoms with Crippen LogP contribution in [0.15, 0.2) is 65.3 Å². The number of hydrogen-bond acceptors (Lipinski definition) is 7. The fraction of sp³-hybridized carbons (Fsp3) is 0.395. The number of nitrogens with one attached hydrogen (secondary N) is 3. The number of nitrogens with zero attached hydrogens (tertiary/aromatic N) is 4. The van der Waals surface area contributed by atoms with Crippen molar-refractivity contribution < 1.29 is 49.1 Å². The van der Waals surface area contributed by atoms with Gasteiger partial charge in [-0.25, -0.2) is 0 Å². The van der Waals surface area contributed by atoms with Crippen LogP contribution >= 0.6 is 0 Å². The molecule has 4 aliphatic rings. The summed E-state index contributed by atoms with van der Waals surface area (Å²) < 4.78 is 134. The molecule has 294 valence electrons. The van der Waals surface area contributed by atoms with E-state index in [1.165, 1.54) is 24.5 Å². The zero-order valence-electron chi connectivity index (χ0n) is 30.0. The van der Waals surface area contributed by atoms with Gasteiger partial charge in [-0.1, -0.05) is 39.8 Å². The van der Waals surface area contributed by atoms with Crippen LogP contribution in [0.5, 0.6) is 0 Å². The van der Waals surface area contributed by atoms with Gasteiger partial charge >= 0.3 is 18.5 Å². The number of carbonyl (C=O) groups excluding carboxylic acids is 2. The molecule has 2 atom stereocenters. The van der Waals surface area contributed by atoms with E-state index in [1.807, 2.05) is 10.2 Å². The fourth-order valence-electron chi connectivity index (χ4n) is 8.76. The van der Waals surface area contributed by atoms with Crippen LogP contribution in [0.25, 0.3) is 0 Å². The summed E-state index contributed by atoms with van der Waals surface area (Å²) in [5.74, 6) is -5.20. The van der Waals surface area contributed by atoms with E-state index >= 15 is 13.2 Å². The van der Waals surface area contributed by atoms with Crippen molar-refractivity contribution in [1.82, 2.24) is 25.4 Å². The molecule has 0 amide bonds. The second kappa shape index (κ2) is 12.0. The number of anilines is 3. The number of hydrogen-bond donors (Lipinski definition) is 3. The molecule has 56 heavy (non-hydrogen) atoms. The SMILES string of the molecule is CC1(C)CC(=O)C2=C(C1)Nc1n[nH]c(C(F)(F)F)c1[C@H]2c1ccc(N2C3=C(C(=O)CC(C)(C)C3)C(c3cccnc3)c3c2n[nH]c3C(F)(F)F)cc1C(F)(F)F. The zero-order chi connectivity index (χ0) is 40.5. The van der Waals surface area contributed by atoms with E-state index < -0.39 is 92.2 Å². The molecule has 5 heterocycles. The molecule has 4 aromatic rings. The topological polar surface area (TPSA) is 120 Å². The van der Waals surface area contributed by atoms with Gasteiger partial charge in [0.15, 0.2) is 23.2 Å². The fourth-order valence-corrected chi connectivity index (χ4v) is 8.76. The van der Waals surface area contributed by atoms with Gasteiger partial charge in [0.1, 0.15) is 11.4 Å². The largest absolute Gasteiger partial charge is 0.433 e. The van der Waals surface area contributed by atoms with Gasteiger partial charge in [-0.15, -0.1) is 0 Å². The van der Waals surface area contributed by atoms with Gasteiger partial charge in [0, 0.05) is 76.4 Å². The first kappa shape index (κ1) is 37.5. The summed E-state index contributed by atoms with van der Waals surface area (Å²) in [5, 5.41) is 14.4. The van der Waals surface area contributed by atoms with Crippen molar-refractivity contribution in [3.8, 4) is 0 Å². The number of fused-ring (bicyclic) bond motifs is 2. The van der Waals surface area contributed by atoms with Crippen LogP contribution in [0.2, 0.25) is 0 Å². The van der Waals surface area contributed by atoms with Gasteiger partial charge in [0.05, 0.1) is 5.56 Å². The minimum absolute atomic E-state index is 0.0315. The van der Waals surface area contributed by atoms with Gasteiger partial charge in [-0.05, 0) is 53.0 Å². The molecule has 3 N–H and O–H groups in total. The molecule has 2 aliphatic carbocycles. The summed E-state index contributed by atoms with van der Waals surface area (Å²) in [6.07, 6.45) is -12.8. The highest BCUT2D eigenvalue weighted by atomic mass is 19.4. The van der Waals surface area contributed by atoms with Gasteiger partial charge in [0.25, 0.3) is 0 Å². The number of benzene rings is 1. The third kappa shape index (κ3) is 5.98. The molecule has 0 saturated heterocycles. The first-order valence-electron chi connectivity index (χ1n) is 17.5. The van der Waals surface area contributed by atoms with E-state index in [0.717, 1.165) is 17.0 Å². The predicted octanol–water partition coefficient (Wildman–Crippen LogP) is 9.71. The Morgan fingerprint density at radius 2 is 1.36 bits per heavy atom. The molecule has 1 unspecified atom stereocenters. The van der Waals surface area contributed by atoms with Crippen molar-refractivity contribution in [3.05, 3.63) is 104 Å². The summed E-state index contributed by atoms with van der Waals surface area (Å²) in [7, 11) is 0. The highest BCUT2D eigenvalue weighted by Crippen LogP contribution is 2.58. The molecule has 8 rings (SSSR count). The Bertz CT molecular complexity index is 2380. The summed E-state index contributed by atoms with van der Waals surface area (Å²) in [6.45, 7) is 6.97. The highest BCUT2D eigenvalue weighted by molar-refractivity contribution is 6.03. The van der Waals surface area contributed by atoms with E-state index in [4.69, 9.17) is 0 Å². The number of aromatic nitrogens is 5. The van der Waals surface area contributed by atoms with Crippen LogP contribution in [0.3, 0.4) is 0 Å². The van der Waals surface area contributed by atoms with Crippen molar-refractivity contribution in [2.75, 3.05) is 10.2 Å². The lowest BCUT2D eigenvalue weighted by Crippen LogP contribution is -2.38. The molecule has 0 bridgehead atoms. The Morgan fingerprint density at radius 1 is 0.732 bits per heavy atom. The number of Topliss-reactive ketones (excluding diaryl/α,β-unsaturated/α-hetero) is 2. The van der Waals surface area contributed by atoms with Crippen LogP contribution in [-0.2, 0) is 28.1 Å². The number of ketones is 2. The van der Waals surface area contributed by atoms with Crippen molar-refractivity contribution in [2.45, 2.75) is 83.7 Å². The van der Waals surface area contributed by atoms with E-state index in [9.17, 15) is 35.9 Å². The summed E-state index contributed by atoms with van der Waals surface area (Å²) in [6, 6.07) is 5.66. The van der Waals surface area contributed by atoms with Crippen LogP contribution in [0.1, 0.15) is 104 Å². The number of rotatable bonds is 3. The molecule has 2 aliphatic heterocycles. The average molecular weight is 790 g/mol. The normalized spacial score (nSPS) is 22.1. The van der Waals surface area contributed by atoms with Gasteiger partial charge in [-0.2, -0.15) is 49.7 Å². The lowest BCUT2D eigenvalue weighted by molar-refractivity contribution is -0.142. The van der Waals surface area contributed by atoms with E-state index in [2.05, 4.69) is 20.5 Å².